The van der Waals surface area contributed by atoms with Crippen LogP contribution >= 0.6 is 11.8 Å². The van der Waals surface area contributed by atoms with E-state index >= 15 is 0 Å². The van der Waals surface area contributed by atoms with Gasteiger partial charge in [-0.15, -0.1) is 11.8 Å². The van der Waals surface area contributed by atoms with Crippen molar-refractivity contribution in [2.45, 2.75) is 62.9 Å². The molecule has 2 aromatic carbocycles. The van der Waals surface area contributed by atoms with Crippen LogP contribution in [-0.4, -0.2) is 23.6 Å². The molecule has 2 amide bonds. The summed E-state index contributed by atoms with van der Waals surface area (Å²) in [5, 5.41) is 3.34. The Morgan fingerprint density at radius 1 is 1.12 bits per heavy atom. The first kappa shape index (κ1) is 22.1. The topological polar surface area (TPSA) is 49.4 Å². The molecule has 1 atom stereocenters. The van der Waals surface area contributed by atoms with E-state index in [1.807, 2.05) is 18.2 Å². The zero-order valence-corrected chi connectivity index (χ0v) is 20.4. The fraction of sp³-hybridized carbons (Fsp3) is 0.500. The number of amides is 2. The van der Waals surface area contributed by atoms with Crippen molar-refractivity contribution in [2.75, 3.05) is 10.7 Å². The van der Waals surface area contributed by atoms with Crippen molar-refractivity contribution in [3.05, 3.63) is 59.4 Å². The highest BCUT2D eigenvalue weighted by atomic mass is 32.2. The quantitative estimate of drug-likeness (QED) is 0.591. The summed E-state index contributed by atoms with van der Waals surface area (Å²) in [6.45, 7) is 2.35. The van der Waals surface area contributed by atoms with Gasteiger partial charge in [-0.1, -0.05) is 18.2 Å². The minimum Gasteiger partial charge on any atom is -0.349 e. The number of nitrogens with zero attached hydrogens (tertiary/aromatic N) is 1. The number of nitrogens with one attached hydrogen (secondary N) is 1. The molecule has 0 spiro atoms. The van der Waals surface area contributed by atoms with Crippen LogP contribution in [0.4, 0.5) is 10.1 Å². The molecular weight excluding hydrogens is 447 g/mol. The van der Waals surface area contributed by atoms with Crippen molar-refractivity contribution in [1.82, 2.24) is 5.32 Å². The summed E-state index contributed by atoms with van der Waals surface area (Å²) in [7, 11) is 0. The lowest BCUT2D eigenvalue weighted by atomic mass is 9.48. The molecule has 0 radical (unpaired) electrons. The SMILES string of the molecule is CC(NC(=O)c1ccc2c(c1)N(Cc1ccccc1F)C(=O)CS2)C12CC3CC(CC(C3)C1)C2. The normalized spacial score (nSPS) is 30.2. The molecule has 0 aromatic heterocycles. The second-order valence-corrected chi connectivity index (χ2v) is 12.0. The van der Waals surface area contributed by atoms with Crippen LogP contribution in [0.15, 0.2) is 47.4 Å². The van der Waals surface area contributed by atoms with Crippen LogP contribution in [0.3, 0.4) is 0 Å². The first-order valence-electron chi connectivity index (χ1n) is 12.5. The van der Waals surface area contributed by atoms with Crippen molar-refractivity contribution in [3.8, 4) is 0 Å². The van der Waals surface area contributed by atoms with Crippen molar-refractivity contribution in [1.29, 1.82) is 0 Å². The lowest BCUT2D eigenvalue weighted by Gasteiger charge is -2.59. The Morgan fingerprint density at radius 2 is 1.79 bits per heavy atom. The minimum absolute atomic E-state index is 0.0692. The van der Waals surface area contributed by atoms with Gasteiger partial charge in [0, 0.05) is 22.1 Å². The third-order valence-corrected chi connectivity index (χ3v) is 9.85. The number of hydrogen-bond donors (Lipinski definition) is 1. The van der Waals surface area contributed by atoms with E-state index in [-0.39, 0.29) is 35.6 Å². The summed E-state index contributed by atoms with van der Waals surface area (Å²) in [5.41, 5.74) is 1.96. The van der Waals surface area contributed by atoms with Crippen LogP contribution in [-0.2, 0) is 11.3 Å². The molecule has 2 aromatic rings. The number of thioether (sulfide) groups is 1. The molecule has 4 bridgehead atoms. The van der Waals surface area contributed by atoms with Crippen molar-refractivity contribution >= 4 is 29.3 Å². The summed E-state index contributed by atoms with van der Waals surface area (Å²) >= 11 is 1.47. The molecule has 7 rings (SSSR count). The Morgan fingerprint density at radius 3 is 2.47 bits per heavy atom. The maximum Gasteiger partial charge on any atom is 0.251 e. The molecule has 1 heterocycles. The van der Waals surface area contributed by atoms with Crippen LogP contribution in [0.2, 0.25) is 0 Å². The number of fused-ring (bicyclic) bond motifs is 1. The number of carbonyl (C=O) groups excluding carboxylic acids is 2. The highest BCUT2D eigenvalue weighted by molar-refractivity contribution is 8.00. The van der Waals surface area contributed by atoms with Crippen molar-refractivity contribution < 1.29 is 14.0 Å². The highest BCUT2D eigenvalue weighted by Gasteiger charge is 2.53. The molecule has 1 aliphatic heterocycles. The second kappa shape index (κ2) is 8.40. The van der Waals surface area contributed by atoms with Gasteiger partial charge in [-0.3, -0.25) is 9.59 Å². The summed E-state index contributed by atoms with van der Waals surface area (Å²) < 4.78 is 14.3. The zero-order chi connectivity index (χ0) is 23.4. The summed E-state index contributed by atoms with van der Waals surface area (Å²) in [4.78, 5) is 28.7. The number of rotatable bonds is 5. The van der Waals surface area contributed by atoms with Crippen molar-refractivity contribution in [3.63, 3.8) is 0 Å². The molecular formula is C28H31FN2O2S. The average molecular weight is 479 g/mol. The molecule has 4 nitrogen and oxygen atoms in total. The predicted molar refractivity (Wildman–Crippen MR) is 132 cm³/mol. The Kier molecular flexibility index (Phi) is 5.47. The van der Waals surface area contributed by atoms with E-state index in [1.165, 1.54) is 56.4 Å². The van der Waals surface area contributed by atoms with Crippen LogP contribution in [0.5, 0.6) is 0 Å². The maximum atomic E-state index is 14.3. The molecule has 6 heteroatoms. The standard InChI is InChI=1S/C28H31FN2O2S/c1-17(28-12-18-8-19(13-28)10-20(9-18)14-28)30-27(33)21-6-7-25-24(11-21)31(26(32)16-34-25)15-22-4-2-3-5-23(22)29/h2-7,11,17-20H,8-10,12-16H2,1H3,(H,30,33). The van der Waals surface area contributed by atoms with Gasteiger partial charge >= 0.3 is 0 Å². The van der Waals surface area contributed by atoms with Gasteiger partial charge in [0.25, 0.3) is 5.91 Å². The number of halogens is 1. The Bertz CT molecular complexity index is 1110. The van der Waals surface area contributed by atoms with Crippen LogP contribution < -0.4 is 10.2 Å². The van der Waals surface area contributed by atoms with Gasteiger partial charge in [-0.05, 0) is 92.9 Å². The van der Waals surface area contributed by atoms with Crippen LogP contribution in [0, 0.1) is 29.0 Å². The largest absolute Gasteiger partial charge is 0.349 e. The molecule has 34 heavy (non-hydrogen) atoms. The summed E-state index contributed by atoms with van der Waals surface area (Å²) in [6.07, 6.45) is 7.88. The van der Waals surface area contributed by atoms with E-state index in [2.05, 4.69) is 12.2 Å². The Balaban J connectivity index is 1.23. The maximum absolute atomic E-state index is 14.3. The number of carbonyl (C=O) groups is 2. The number of benzene rings is 2. The van der Waals surface area contributed by atoms with Crippen molar-refractivity contribution in [2.24, 2.45) is 23.2 Å². The molecule has 5 aliphatic rings. The van der Waals surface area contributed by atoms with Crippen LogP contribution in [0.1, 0.15) is 61.4 Å². The van der Waals surface area contributed by atoms with Gasteiger partial charge in [0.05, 0.1) is 18.0 Å². The van der Waals surface area contributed by atoms with E-state index in [1.54, 1.807) is 23.1 Å². The van der Waals surface area contributed by atoms with Gasteiger partial charge in [-0.25, -0.2) is 4.39 Å². The molecule has 4 aliphatic carbocycles. The number of hydrogen-bond acceptors (Lipinski definition) is 3. The molecule has 1 unspecified atom stereocenters. The number of anilines is 1. The highest BCUT2D eigenvalue weighted by Crippen LogP contribution is 2.61. The smallest absolute Gasteiger partial charge is 0.251 e. The van der Waals surface area contributed by atoms with Gasteiger partial charge in [0.15, 0.2) is 0 Å². The van der Waals surface area contributed by atoms with E-state index in [4.69, 9.17) is 0 Å². The van der Waals surface area contributed by atoms with E-state index in [0.717, 1.165) is 22.6 Å². The fourth-order valence-electron chi connectivity index (χ4n) is 7.45. The molecule has 4 saturated carbocycles. The predicted octanol–water partition coefficient (Wildman–Crippen LogP) is 5.80. The van der Waals surface area contributed by atoms with Crippen LogP contribution in [0.25, 0.3) is 0 Å². The van der Waals surface area contributed by atoms with Gasteiger partial charge in [0.1, 0.15) is 5.82 Å². The zero-order valence-electron chi connectivity index (χ0n) is 19.6. The molecule has 4 fully saturated rings. The summed E-state index contributed by atoms with van der Waals surface area (Å²) in [6, 6.07) is 12.3. The third-order valence-electron chi connectivity index (χ3n) is 8.80. The lowest BCUT2D eigenvalue weighted by Crippen LogP contribution is -2.55. The van der Waals surface area contributed by atoms with Gasteiger partial charge < -0.3 is 10.2 Å². The van der Waals surface area contributed by atoms with E-state index in [0.29, 0.717) is 22.6 Å². The summed E-state index contributed by atoms with van der Waals surface area (Å²) in [5.74, 6) is 2.35. The van der Waals surface area contributed by atoms with E-state index < -0.39 is 0 Å². The first-order chi connectivity index (χ1) is 16.4. The lowest BCUT2D eigenvalue weighted by molar-refractivity contribution is -0.116. The average Bonchev–Trinajstić information content (AvgIpc) is 2.81. The minimum atomic E-state index is -0.326. The Hall–Kier alpha value is -2.34. The van der Waals surface area contributed by atoms with Gasteiger partial charge in [-0.2, -0.15) is 0 Å². The molecule has 1 N–H and O–H groups in total. The third kappa shape index (κ3) is 3.84. The fourth-order valence-corrected chi connectivity index (χ4v) is 8.37. The first-order valence-corrected chi connectivity index (χ1v) is 13.5. The second-order valence-electron chi connectivity index (χ2n) is 11.0. The Labute approximate surface area is 204 Å². The van der Waals surface area contributed by atoms with E-state index in [9.17, 15) is 14.0 Å². The molecule has 178 valence electrons. The molecule has 0 saturated heterocycles. The monoisotopic (exact) mass is 478 g/mol. The van der Waals surface area contributed by atoms with Gasteiger partial charge in [0.2, 0.25) is 5.91 Å².